The highest BCUT2D eigenvalue weighted by atomic mass is 35.5. The second kappa shape index (κ2) is 10.4. The lowest BCUT2D eigenvalue weighted by molar-refractivity contribution is -0.123. The summed E-state index contributed by atoms with van der Waals surface area (Å²) in [6, 6.07) is 10.4. The highest BCUT2D eigenvalue weighted by Crippen LogP contribution is 2.45. The Bertz CT molecular complexity index is 517. The number of benzene rings is 1. The fourth-order valence-electron chi connectivity index (χ4n) is 3.64. The molecule has 2 fully saturated rings. The number of rotatable bonds is 7. The van der Waals surface area contributed by atoms with Gasteiger partial charge in [-0.05, 0) is 37.9 Å². The Morgan fingerprint density at radius 3 is 2.52 bits per heavy atom. The van der Waals surface area contributed by atoms with Crippen LogP contribution in [0.2, 0.25) is 0 Å². The van der Waals surface area contributed by atoms with Crippen LogP contribution in [0.5, 0.6) is 0 Å². The van der Waals surface area contributed by atoms with Gasteiger partial charge in [0.2, 0.25) is 5.91 Å². The minimum absolute atomic E-state index is 0. The van der Waals surface area contributed by atoms with E-state index in [0.717, 1.165) is 71.4 Å². The molecule has 1 aromatic rings. The SMILES string of the molecule is Cl.O=C(NCCCN1CCNCC1)C1(Sc2ccccc2)CCCC1. The van der Waals surface area contributed by atoms with Gasteiger partial charge in [-0.2, -0.15) is 0 Å². The first-order valence-corrected chi connectivity index (χ1v) is 10.1. The number of thioether (sulfide) groups is 1. The van der Waals surface area contributed by atoms with E-state index in [1.165, 1.54) is 4.90 Å². The first-order chi connectivity index (χ1) is 11.8. The molecule has 4 nitrogen and oxygen atoms in total. The fourth-order valence-corrected chi connectivity index (χ4v) is 5.04. The predicted octanol–water partition coefficient (Wildman–Crippen LogP) is 2.92. The Morgan fingerprint density at radius 2 is 1.84 bits per heavy atom. The van der Waals surface area contributed by atoms with Crippen molar-refractivity contribution in [1.29, 1.82) is 0 Å². The maximum Gasteiger partial charge on any atom is 0.236 e. The molecule has 0 atom stereocenters. The minimum Gasteiger partial charge on any atom is -0.355 e. The summed E-state index contributed by atoms with van der Waals surface area (Å²) < 4.78 is -0.254. The predicted molar refractivity (Wildman–Crippen MR) is 108 cm³/mol. The summed E-state index contributed by atoms with van der Waals surface area (Å²) in [6.07, 6.45) is 5.35. The van der Waals surface area contributed by atoms with Gasteiger partial charge in [-0.25, -0.2) is 0 Å². The number of carbonyl (C=O) groups is 1. The van der Waals surface area contributed by atoms with Gasteiger partial charge in [0.1, 0.15) is 0 Å². The second-order valence-corrected chi connectivity index (χ2v) is 8.27. The molecule has 6 heteroatoms. The van der Waals surface area contributed by atoms with Gasteiger partial charge in [0.05, 0.1) is 4.75 Å². The van der Waals surface area contributed by atoms with E-state index in [4.69, 9.17) is 0 Å². The quantitative estimate of drug-likeness (QED) is 0.710. The van der Waals surface area contributed by atoms with Gasteiger partial charge in [0, 0.05) is 37.6 Å². The number of hydrogen-bond acceptors (Lipinski definition) is 4. The molecule has 1 saturated heterocycles. The van der Waals surface area contributed by atoms with E-state index in [9.17, 15) is 4.79 Å². The molecule has 3 rings (SSSR count). The summed E-state index contributed by atoms with van der Waals surface area (Å²) in [5.74, 6) is 0.245. The molecular formula is C19H30ClN3OS. The van der Waals surface area contributed by atoms with Gasteiger partial charge in [0.15, 0.2) is 0 Å². The molecule has 1 aliphatic heterocycles. The lowest BCUT2D eigenvalue weighted by Gasteiger charge is -2.29. The van der Waals surface area contributed by atoms with E-state index in [-0.39, 0.29) is 23.1 Å². The number of nitrogens with one attached hydrogen (secondary N) is 2. The molecule has 1 saturated carbocycles. The van der Waals surface area contributed by atoms with Crippen LogP contribution in [0.15, 0.2) is 35.2 Å². The van der Waals surface area contributed by atoms with Crippen molar-refractivity contribution in [2.24, 2.45) is 0 Å². The summed E-state index contributed by atoms with van der Waals surface area (Å²) in [6.45, 7) is 6.30. The Morgan fingerprint density at radius 1 is 1.16 bits per heavy atom. The number of nitrogens with zero attached hydrogens (tertiary/aromatic N) is 1. The first-order valence-electron chi connectivity index (χ1n) is 9.24. The summed E-state index contributed by atoms with van der Waals surface area (Å²) in [7, 11) is 0. The van der Waals surface area contributed by atoms with E-state index in [1.54, 1.807) is 11.8 Å². The molecule has 0 aromatic heterocycles. The maximum absolute atomic E-state index is 12.9. The van der Waals surface area contributed by atoms with Gasteiger partial charge >= 0.3 is 0 Å². The highest BCUT2D eigenvalue weighted by Gasteiger charge is 2.41. The van der Waals surface area contributed by atoms with Crippen molar-refractivity contribution in [2.75, 3.05) is 39.3 Å². The standard InChI is InChI=1S/C19H29N3OS.ClH/c23-18(21-11-6-14-22-15-12-20-13-16-22)19(9-4-5-10-19)24-17-7-2-1-3-8-17;/h1-3,7-8,20H,4-6,9-16H2,(H,21,23);1H. The molecule has 1 aromatic carbocycles. The largest absolute Gasteiger partial charge is 0.355 e. The van der Waals surface area contributed by atoms with E-state index >= 15 is 0 Å². The van der Waals surface area contributed by atoms with Crippen LogP contribution in [0.25, 0.3) is 0 Å². The maximum atomic E-state index is 12.9. The Hall–Kier alpha value is -0.750. The summed E-state index contributed by atoms with van der Waals surface area (Å²) in [5.41, 5.74) is 0. The molecule has 0 radical (unpaired) electrons. The molecule has 0 unspecified atom stereocenters. The van der Waals surface area contributed by atoms with Crippen LogP contribution in [0.1, 0.15) is 32.1 Å². The van der Waals surface area contributed by atoms with Gasteiger partial charge in [-0.3, -0.25) is 4.79 Å². The molecule has 25 heavy (non-hydrogen) atoms. The highest BCUT2D eigenvalue weighted by molar-refractivity contribution is 8.01. The summed E-state index contributed by atoms with van der Waals surface area (Å²) in [5, 5.41) is 6.60. The van der Waals surface area contributed by atoms with Crippen molar-refractivity contribution in [1.82, 2.24) is 15.5 Å². The average molecular weight is 384 g/mol. The van der Waals surface area contributed by atoms with E-state index in [2.05, 4.69) is 39.8 Å². The van der Waals surface area contributed by atoms with Crippen molar-refractivity contribution >= 4 is 30.1 Å². The Labute approximate surface area is 161 Å². The van der Waals surface area contributed by atoms with E-state index in [0.29, 0.717) is 0 Å². The second-order valence-electron chi connectivity index (χ2n) is 6.82. The molecule has 1 aliphatic carbocycles. The fraction of sp³-hybridized carbons (Fsp3) is 0.632. The lowest BCUT2D eigenvalue weighted by Crippen LogP contribution is -2.45. The third-order valence-electron chi connectivity index (χ3n) is 5.03. The number of carbonyl (C=O) groups excluding carboxylic acids is 1. The number of amides is 1. The normalized spacial score (nSPS) is 20.0. The monoisotopic (exact) mass is 383 g/mol. The molecule has 0 spiro atoms. The van der Waals surface area contributed by atoms with Gasteiger partial charge in [0.25, 0.3) is 0 Å². The van der Waals surface area contributed by atoms with Gasteiger partial charge in [-0.1, -0.05) is 31.0 Å². The summed E-state index contributed by atoms with van der Waals surface area (Å²) >= 11 is 1.76. The van der Waals surface area contributed by atoms with E-state index < -0.39 is 0 Å². The van der Waals surface area contributed by atoms with Crippen molar-refractivity contribution in [3.63, 3.8) is 0 Å². The zero-order chi connectivity index (χ0) is 16.7. The first kappa shape index (κ1) is 20.6. The average Bonchev–Trinajstić information content (AvgIpc) is 3.10. The van der Waals surface area contributed by atoms with Gasteiger partial charge in [-0.15, -0.1) is 24.2 Å². The van der Waals surface area contributed by atoms with E-state index in [1.807, 2.05) is 6.07 Å². The zero-order valence-electron chi connectivity index (χ0n) is 14.8. The van der Waals surface area contributed by atoms with Crippen molar-refractivity contribution < 1.29 is 4.79 Å². The molecule has 140 valence electrons. The van der Waals surface area contributed by atoms with Crippen molar-refractivity contribution in [3.05, 3.63) is 30.3 Å². The Kier molecular flexibility index (Phi) is 8.56. The smallest absolute Gasteiger partial charge is 0.236 e. The van der Waals surface area contributed by atoms with Crippen LogP contribution in [0.3, 0.4) is 0 Å². The van der Waals surface area contributed by atoms with Gasteiger partial charge < -0.3 is 15.5 Å². The molecule has 2 N–H and O–H groups in total. The van der Waals surface area contributed by atoms with Crippen LogP contribution in [0.4, 0.5) is 0 Å². The van der Waals surface area contributed by atoms with Crippen LogP contribution < -0.4 is 10.6 Å². The van der Waals surface area contributed by atoms with Crippen LogP contribution in [0, 0.1) is 0 Å². The van der Waals surface area contributed by atoms with Crippen LogP contribution in [-0.2, 0) is 4.79 Å². The molecule has 1 heterocycles. The molecule has 2 aliphatic rings. The number of piperazine rings is 1. The zero-order valence-corrected chi connectivity index (χ0v) is 16.5. The Balaban J connectivity index is 0.00000225. The molecular weight excluding hydrogens is 354 g/mol. The topological polar surface area (TPSA) is 44.4 Å². The minimum atomic E-state index is -0.254. The van der Waals surface area contributed by atoms with Crippen LogP contribution >= 0.6 is 24.2 Å². The summed E-state index contributed by atoms with van der Waals surface area (Å²) in [4.78, 5) is 16.6. The van der Waals surface area contributed by atoms with Crippen molar-refractivity contribution in [2.45, 2.75) is 41.7 Å². The molecule has 1 amide bonds. The van der Waals surface area contributed by atoms with Crippen LogP contribution in [-0.4, -0.2) is 54.8 Å². The third kappa shape index (κ3) is 5.88. The number of halogens is 1. The number of hydrogen-bond donors (Lipinski definition) is 2. The lowest BCUT2D eigenvalue weighted by atomic mass is 10.1. The molecule has 0 bridgehead atoms. The third-order valence-corrected chi connectivity index (χ3v) is 6.52. The van der Waals surface area contributed by atoms with Crippen molar-refractivity contribution in [3.8, 4) is 0 Å².